The quantitative estimate of drug-likeness (QED) is 0.237. The molecule has 1 aromatic heterocycles. The summed E-state index contributed by atoms with van der Waals surface area (Å²) in [6.45, 7) is 0. The second-order valence-electron chi connectivity index (χ2n) is 9.11. The van der Waals surface area contributed by atoms with Crippen LogP contribution >= 0.6 is 11.6 Å². The van der Waals surface area contributed by atoms with Gasteiger partial charge in [-0.05, 0) is 46.2 Å². The number of hydrogen-bond donors (Lipinski definition) is 0. The highest BCUT2D eigenvalue weighted by molar-refractivity contribution is 6.33. The Morgan fingerprint density at radius 2 is 1.00 bits per heavy atom. The third-order valence-electron chi connectivity index (χ3n) is 7.09. The molecule has 0 aliphatic rings. The van der Waals surface area contributed by atoms with Crippen LogP contribution in [-0.2, 0) is 0 Å². The smallest absolute Gasteiger partial charge is 0.0547 e. The predicted octanol–water partition coefficient (Wildman–Crippen LogP) is 9.92. The number of halogens is 1. The molecule has 0 fully saturated rings. The summed E-state index contributed by atoms with van der Waals surface area (Å²) in [5, 5.41) is 5.76. The van der Waals surface area contributed by atoms with Crippen LogP contribution in [0.25, 0.3) is 60.5 Å². The molecule has 7 rings (SSSR count). The lowest BCUT2D eigenvalue weighted by molar-refractivity contribution is 1.19. The summed E-state index contributed by atoms with van der Waals surface area (Å²) in [5.41, 5.74) is 8.17. The van der Waals surface area contributed by atoms with Crippen LogP contribution in [0.1, 0.15) is 0 Å². The Kier molecular flexibility index (Phi) is 4.90. The average molecular weight is 480 g/mol. The predicted molar refractivity (Wildman–Crippen MR) is 154 cm³/mol. The summed E-state index contributed by atoms with van der Waals surface area (Å²) in [6.07, 6.45) is 0. The summed E-state index contributed by atoms with van der Waals surface area (Å²) in [4.78, 5) is 0. The zero-order valence-corrected chi connectivity index (χ0v) is 20.3. The molecule has 0 bridgehead atoms. The highest BCUT2D eigenvalue weighted by atomic mass is 35.5. The van der Waals surface area contributed by atoms with E-state index in [2.05, 4.69) is 120 Å². The topological polar surface area (TPSA) is 4.93 Å². The van der Waals surface area contributed by atoms with Gasteiger partial charge in [-0.3, -0.25) is 0 Å². The van der Waals surface area contributed by atoms with Crippen LogP contribution in [0.5, 0.6) is 0 Å². The highest BCUT2D eigenvalue weighted by Gasteiger charge is 2.17. The minimum Gasteiger partial charge on any atom is -0.309 e. The zero-order chi connectivity index (χ0) is 24.1. The van der Waals surface area contributed by atoms with Gasteiger partial charge in [0, 0.05) is 26.9 Å². The van der Waals surface area contributed by atoms with Gasteiger partial charge in [0.2, 0.25) is 0 Å². The maximum atomic E-state index is 6.49. The van der Waals surface area contributed by atoms with E-state index in [-0.39, 0.29) is 0 Å². The van der Waals surface area contributed by atoms with E-state index < -0.39 is 0 Å². The molecule has 6 aromatic carbocycles. The Labute approximate surface area is 214 Å². The minimum atomic E-state index is 0.765. The summed E-state index contributed by atoms with van der Waals surface area (Å²) in [7, 11) is 0. The van der Waals surface area contributed by atoms with E-state index in [4.69, 9.17) is 11.6 Å². The molecule has 0 radical (unpaired) electrons. The maximum Gasteiger partial charge on any atom is 0.0547 e. The van der Waals surface area contributed by atoms with Crippen molar-refractivity contribution in [2.24, 2.45) is 0 Å². The molecule has 2 heteroatoms. The van der Waals surface area contributed by atoms with Crippen LogP contribution in [0.3, 0.4) is 0 Å². The van der Waals surface area contributed by atoms with E-state index >= 15 is 0 Å². The first-order valence-electron chi connectivity index (χ1n) is 12.2. The van der Waals surface area contributed by atoms with Crippen molar-refractivity contribution in [2.75, 3.05) is 0 Å². The molecule has 0 spiro atoms. The van der Waals surface area contributed by atoms with Crippen LogP contribution < -0.4 is 0 Å². The molecule has 0 N–H and O–H groups in total. The molecule has 0 aliphatic carbocycles. The van der Waals surface area contributed by atoms with Crippen LogP contribution in [0.15, 0.2) is 133 Å². The molecular weight excluding hydrogens is 458 g/mol. The van der Waals surface area contributed by atoms with Crippen LogP contribution in [-0.4, -0.2) is 4.57 Å². The van der Waals surface area contributed by atoms with Crippen molar-refractivity contribution in [3.63, 3.8) is 0 Å². The average Bonchev–Trinajstić information content (AvgIpc) is 3.27. The lowest BCUT2D eigenvalue weighted by Gasteiger charge is -2.17. The molecule has 0 aliphatic heterocycles. The van der Waals surface area contributed by atoms with Crippen molar-refractivity contribution in [1.82, 2.24) is 4.57 Å². The molecule has 1 nitrogen and oxygen atoms in total. The Morgan fingerprint density at radius 1 is 0.444 bits per heavy atom. The van der Waals surface area contributed by atoms with E-state index in [1.807, 2.05) is 18.2 Å². The first kappa shape index (κ1) is 21.0. The summed E-state index contributed by atoms with van der Waals surface area (Å²) in [6, 6.07) is 47.3. The molecule has 0 atom stereocenters. The lowest BCUT2D eigenvalue weighted by atomic mass is 9.94. The van der Waals surface area contributed by atoms with E-state index in [0.717, 1.165) is 16.1 Å². The van der Waals surface area contributed by atoms with E-state index in [1.165, 1.54) is 49.4 Å². The normalized spacial score (nSPS) is 11.5. The highest BCUT2D eigenvalue weighted by Crippen LogP contribution is 2.40. The van der Waals surface area contributed by atoms with Crippen molar-refractivity contribution in [3.8, 4) is 27.9 Å². The van der Waals surface area contributed by atoms with Crippen molar-refractivity contribution in [3.05, 3.63) is 138 Å². The number of hydrogen-bond acceptors (Lipinski definition) is 0. The Balaban J connectivity index is 1.53. The number of fused-ring (bicyclic) bond motifs is 4. The molecular formula is C34H22ClN. The maximum absolute atomic E-state index is 6.49. The van der Waals surface area contributed by atoms with Crippen molar-refractivity contribution in [2.45, 2.75) is 0 Å². The van der Waals surface area contributed by atoms with Gasteiger partial charge in [-0.2, -0.15) is 0 Å². The molecule has 1 heterocycles. The van der Waals surface area contributed by atoms with Gasteiger partial charge in [0.1, 0.15) is 0 Å². The van der Waals surface area contributed by atoms with Crippen molar-refractivity contribution < 1.29 is 0 Å². The van der Waals surface area contributed by atoms with Crippen molar-refractivity contribution >= 4 is 44.2 Å². The standard InChI is InChI=1S/C34H22ClN/c35-30-14-6-3-10-26(30)24-17-19-25(20-18-24)34-27-11-2-1-9-23(27)21-22-33(34)36-31-15-7-4-12-28(31)29-13-5-8-16-32(29)36/h1-22H. The van der Waals surface area contributed by atoms with Crippen LogP contribution in [0, 0.1) is 0 Å². The molecule has 36 heavy (non-hydrogen) atoms. The first-order chi connectivity index (χ1) is 17.8. The minimum absolute atomic E-state index is 0.765. The number of aromatic nitrogens is 1. The van der Waals surface area contributed by atoms with Crippen LogP contribution in [0.4, 0.5) is 0 Å². The number of benzene rings is 6. The van der Waals surface area contributed by atoms with Gasteiger partial charge in [0.05, 0.1) is 16.7 Å². The summed E-state index contributed by atoms with van der Waals surface area (Å²) >= 11 is 6.49. The second kappa shape index (κ2) is 8.41. The van der Waals surface area contributed by atoms with Gasteiger partial charge in [-0.15, -0.1) is 0 Å². The fourth-order valence-corrected chi connectivity index (χ4v) is 5.69. The monoisotopic (exact) mass is 479 g/mol. The number of nitrogens with zero attached hydrogens (tertiary/aromatic N) is 1. The van der Waals surface area contributed by atoms with E-state index in [1.54, 1.807) is 0 Å². The third-order valence-corrected chi connectivity index (χ3v) is 7.42. The van der Waals surface area contributed by atoms with Crippen molar-refractivity contribution in [1.29, 1.82) is 0 Å². The van der Waals surface area contributed by atoms with Gasteiger partial charge >= 0.3 is 0 Å². The number of rotatable bonds is 3. The van der Waals surface area contributed by atoms with E-state index in [9.17, 15) is 0 Å². The summed E-state index contributed by atoms with van der Waals surface area (Å²) < 4.78 is 2.41. The molecule has 0 saturated heterocycles. The molecule has 170 valence electrons. The fourth-order valence-electron chi connectivity index (χ4n) is 5.44. The fraction of sp³-hybridized carbons (Fsp3) is 0. The van der Waals surface area contributed by atoms with E-state index in [0.29, 0.717) is 0 Å². The SMILES string of the molecule is Clc1ccccc1-c1ccc(-c2c(-n3c4ccccc4c4ccccc43)ccc3ccccc23)cc1. The molecule has 0 amide bonds. The Bertz CT molecular complexity index is 1840. The lowest BCUT2D eigenvalue weighted by Crippen LogP contribution is -1.98. The van der Waals surface area contributed by atoms with Gasteiger partial charge in [0.25, 0.3) is 0 Å². The Hall–Kier alpha value is -4.33. The second-order valence-corrected chi connectivity index (χ2v) is 9.51. The van der Waals surface area contributed by atoms with Crippen LogP contribution in [0.2, 0.25) is 5.02 Å². The molecule has 0 saturated carbocycles. The first-order valence-corrected chi connectivity index (χ1v) is 12.5. The van der Waals surface area contributed by atoms with Gasteiger partial charge in [-0.25, -0.2) is 0 Å². The molecule has 7 aromatic rings. The van der Waals surface area contributed by atoms with Gasteiger partial charge in [-0.1, -0.05) is 121 Å². The Morgan fingerprint density at radius 3 is 1.69 bits per heavy atom. The molecule has 0 unspecified atom stereocenters. The third kappa shape index (κ3) is 3.25. The number of para-hydroxylation sites is 2. The van der Waals surface area contributed by atoms with Gasteiger partial charge in [0.15, 0.2) is 0 Å². The van der Waals surface area contributed by atoms with Gasteiger partial charge < -0.3 is 4.57 Å². The largest absolute Gasteiger partial charge is 0.309 e. The summed E-state index contributed by atoms with van der Waals surface area (Å²) in [5.74, 6) is 0. The zero-order valence-electron chi connectivity index (χ0n) is 19.5.